The standard InChI is InChI=1S/C18H16FN3O2/c1-3-12-7-4-6-11(2)15(12)20-16(23)18-22-21-17(24-18)13-8-5-9-14(19)10-13/h4-10H,3H2,1-2H3,(H,20,23). The predicted octanol–water partition coefficient (Wildman–Crippen LogP) is 4.00. The first-order chi connectivity index (χ1) is 11.6. The summed E-state index contributed by atoms with van der Waals surface area (Å²) in [7, 11) is 0. The third-order valence-corrected chi connectivity index (χ3v) is 3.67. The van der Waals surface area contributed by atoms with Crippen LogP contribution >= 0.6 is 0 Å². The first-order valence-electron chi connectivity index (χ1n) is 7.57. The highest BCUT2D eigenvalue weighted by Gasteiger charge is 2.18. The number of rotatable bonds is 4. The van der Waals surface area contributed by atoms with Gasteiger partial charge in [0, 0.05) is 11.3 Å². The van der Waals surface area contributed by atoms with Crippen molar-refractivity contribution in [1.29, 1.82) is 0 Å². The molecule has 0 aliphatic rings. The summed E-state index contributed by atoms with van der Waals surface area (Å²) in [5.41, 5.74) is 3.14. The molecule has 3 aromatic rings. The third-order valence-electron chi connectivity index (χ3n) is 3.67. The van der Waals surface area contributed by atoms with Gasteiger partial charge < -0.3 is 9.73 Å². The summed E-state index contributed by atoms with van der Waals surface area (Å²) in [4.78, 5) is 12.4. The van der Waals surface area contributed by atoms with E-state index in [9.17, 15) is 9.18 Å². The Bertz CT molecular complexity index is 889. The van der Waals surface area contributed by atoms with Crippen LogP contribution in [0.25, 0.3) is 11.5 Å². The molecule has 3 rings (SSSR count). The molecule has 1 aromatic heterocycles. The SMILES string of the molecule is CCc1cccc(C)c1NC(=O)c1nnc(-c2cccc(F)c2)o1. The number of aryl methyl sites for hydroxylation is 2. The zero-order chi connectivity index (χ0) is 17.1. The van der Waals surface area contributed by atoms with Crippen molar-refractivity contribution in [2.45, 2.75) is 20.3 Å². The molecule has 0 fully saturated rings. The first-order valence-corrected chi connectivity index (χ1v) is 7.57. The van der Waals surface area contributed by atoms with Gasteiger partial charge in [-0.1, -0.05) is 31.2 Å². The summed E-state index contributed by atoms with van der Waals surface area (Å²) < 4.78 is 18.6. The van der Waals surface area contributed by atoms with Gasteiger partial charge >= 0.3 is 11.8 Å². The summed E-state index contributed by atoms with van der Waals surface area (Å²) in [6, 6.07) is 11.6. The van der Waals surface area contributed by atoms with Gasteiger partial charge in [-0.3, -0.25) is 4.79 Å². The molecule has 24 heavy (non-hydrogen) atoms. The summed E-state index contributed by atoms with van der Waals surface area (Å²) in [5.74, 6) is -0.974. The van der Waals surface area contributed by atoms with Gasteiger partial charge in [0.05, 0.1) is 0 Å². The maximum atomic E-state index is 13.3. The fraction of sp³-hybridized carbons (Fsp3) is 0.167. The Kier molecular flexibility index (Phi) is 4.37. The molecular weight excluding hydrogens is 309 g/mol. The molecule has 0 saturated carbocycles. The number of hydrogen-bond donors (Lipinski definition) is 1. The van der Waals surface area contributed by atoms with Crippen molar-refractivity contribution in [3.05, 3.63) is 65.3 Å². The van der Waals surface area contributed by atoms with Crippen molar-refractivity contribution >= 4 is 11.6 Å². The largest absolute Gasteiger partial charge is 0.412 e. The summed E-state index contributed by atoms with van der Waals surface area (Å²) in [6.07, 6.45) is 0.787. The first kappa shape index (κ1) is 15.9. The van der Waals surface area contributed by atoms with Crippen molar-refractivity contribution < 1.29 is 13.6 Å². The Hall–Kier alpha value is -3.02. The lowest BCUT2D eigenvalue weighted by atomic mass is 10.1. The molecule has 1 heterocycles. The van der Waals surface area contributed by atoms with Crippen LogP contribution in [0.2, 0.25) is 0 Å². The molecule has 0 spiro atoms. The molecule has 0 saturated heterocycles. The van der Waals surface area contributed by atoms with Crippen LogP contribution in [0, 0.1) is 12.7 Å². The van der Waals surface area contributed by atoms with E-state index >= 15 is 0 Å². The van der Waals surface area contributed by atoms with Crippen LogP contribution in [0.3, 0.4) is 0 Å². The number of nitrogens with one attached hydrogen (secondary N) is 1. The molecule has 0 bridgehead atoms. The molecule has 1 N–H and O–H groups in total. The number of carbonyl (C=O) groups is 1. The molecular formula is C18H16FN3O2. The van der Waals surface area contributed by atoms with Crippen molar-refractivity contribution in [3.63, 3.8) is 0 Å². The lowest BCUT2D eigenvalue weighted by molar-refractivity contribution is 0.0990. The number of hydrogen-bond acceptors (Lipinski definition) is 4. The van der Waals surface area contributed by atoms with Crippen LogP contribution in [0.15, 0.2) is 46.9 Å². The van der Waals surface area contributed by atoms with Gasteiger partial charge in [0.1, 0.15) is 5.82 Å². The van der Waals surface area contributed by atoms with E-state index in [0.717, 1.165) is 23.2 Å². The highest BCUT2D eigenvalue weighted by atomic mass is 19.1. The van der Waals surface area contributed by atoms with Gasteiger partial charge in [-0.25, -0.2) is 4.39 Å². The Morgan fingerprint density at radius 2 is 2.00 bits per heavy atom. The lowest BCUT2D eigenvalue weighted by Crippen LogP contribution is -2.14. The van der Waals surface area contributed by atoms with Crippen molar-refractivity contribution in [3.8, 4) is 11.5 Å². The average molecular weight is 325 g/mol. The van der Waals surface area contributed by atoms with Gasteiger partial charge in [0.15, 0.2) is 0 Å². The Labute approximate surface area is 138 Å². The smallest absolute Gasteiger partial charge is 0.313 e. The number of anilines is 1. The molecule has 122 valence electrons. The summed E-state index contributed by atoms with van der Waals surface area (Å²) >= 11 is 0. The molecule has 2 aromatic carbocycles. The van der Waals surface area contributed by atoms with Crippen LogP contribution in [0.1, 0.15) is 28.7 Å². The number of amides is 1. The van der Waals surface area contributed by atoms with Gasteiger partial charge in [-0.05, 0) is 42.7 Å². The maximum Gasteiger partial charge on any atom is 0.313 e. The normalized spacial score (nSPS) is 10.6. The summed E-state index contributed by atoms with van der Waals surface area (Å²) in [5, 5.41) is 10.4. The average Bonchev–Trinajstić information content (AvgIpc) is 3.07. The number of halogens is 1. The molecule has 0 atom stereocenters. The monoisotopic (exact) mass is 325 g/mol. The zero-order valence-corrected chi connectivity index (χ0v) is 13.3. The highest BCUT2D eigenvalue weighted by molar-refractivity contribution is 6.01. The van der Waals surface area contributed by atoms with Gasteiger partial charge in [-0.15, -0.1) is 10.2 Å². The van der Waals surface area contributed by atoms with Crippen LogP contribution in [-0.2, 0) is 6.42 Å². The Balaban J connectivity index is 1.85. The van der Waals surface area contributed by atoms with Crippen molar-refractivity contribution in [2.24, 2.45) is 0 Å². The van der Waals surface area contributed by atoms with E-state index in [4.69, 9.17) is 4.42 Å². The van der Waals surface area contributed by atoms with Gasteiger partial charge in [0.25, 0.3) is 0 Å². The summed E-state index contributed by atoms with van der Waals surface area (Å²) in [6.45, 7) is 3.93. The topological polar surface area (TPSA) is 68.0 Å². The number of para-hydroxylation sites is 1. The van der Waals surface area contributed by atoms with Crippen molar-refractivity contribution in [2.75, 3.05) is 5.32 Å². The fourth-order valence-electron chi connectivity index (χ4n) is 2.42. The highest BCUT2D eigenvalue weighted by Crippen LogP contribution is 2.23. The number of carbonyl (C=O) groups excluding carboxylic acids is 1. The Morgan fingerprint density at radius 1 is 1.21 bits per heavy atom. The number of nitrogens with zero attached hydrogens (tertiary/aromatic N) is 2. The predicted molar refractivity (Wildman–Crippen MR) is 88.2 cm³/mol. The van der Waals surface area contributed by atoms with E-state index in [0.29, 0.717) is 5.56 Å². The van der Waals surface area contributed by atoms with E-state index in [1.165, 1.54) is 18.2 Å². The van der Waals surface area contributed by atoms with Crippen LogP contribution < -0.4 is 5.32 Å². The minimum atomic E-state index is -0.492. The number of benzene rings is 2. The minimum absolute atomic E-state index is 0.0974. The van der Waals surface area contributed by atoms with E-state index in [2.05, 4.69) is 15.5 Å². The Morgan fingerprint density at radius 3 is 2.75 bits per heavy atom. The molecule has 6 heteroatoms. The minimum Gasteiger partial charge on any atom is -0.412 e. The zero-order valence-electron chi connectivity index (χ0n) is 13.3. The van der Waals surface area contributed by atoms with Crippen LogP contribution in [0.4, 0.5) is 10.1 Å². The molecule has 0 aliphatic heterocycles. The second-order valence-electron chi connectivity index (χ2n) is 5.34. The molecule has 1 amide bonds. The second kappa shape index (κ2) is 6.62. The quantitative estimate of drug-likeness (QED) is 0.787. The molecule has 0 unspecified atom stereocenters. The third kappa shape index (κ3) is 3.17. The maximum absolute atomic E-state index is 13.3. The van der Waals surface area contributed by atoms with Crippen molar-refractivity contribution in [1.82, 2.24) is 10.2 Å². The fourth-order valence-corrected chi connectivity index (χ4v) is 2.42. The van der Waals surface area contributed by atoms with Gasteiger partial charge in [0.2, 0.25) is 5.89 Å². The van der Waals surface area contributed by atoms with E-state index in [1.54, 1.807) is 6.07 Å². The number of aromatic nitrogens is 2. The molecule has 0 radical (unpaired) electrons. The van der Waals surface area contributed by atoms with Gasteiger partial charge in [-0.2, -0.15) is 0 Å². The van der Waals surface area contributed by atoms with E-state index in [-0.39, 0.29) is 11.8 Å². The van der Waals surface area contributed by atoms with Crippen LogP contribution in [0.5, 0.6) is 0 Å². The van der Waals surface area contributed by atoms with Crippen LogP contribution in [-0.4, -0.2) is 16.1 Å². The molecule has 5 nitrogen and oxygen atoms in total. The van der Waals surface area contributed by atoms with E-state index in [1.807, 2.05) is 32.0 Å². The lowest BCUT2D eigenvalue weighted by Gasteiger charge is -2.11. The van der Waals surface area contributed by atoms with E-state index < -0.39 is 11.7 Å². The second-order valence-corrected chi connectivity index (χ2v) is 5.34. The molecule has 0 aliphatic carbocycles.